The van der Waals surface area contributed by atoms with Crippen LogP contribution < -0.4 is 5.32 Å². The zero-order chi connectivity index (χ0) is 13.0. The Morgan fingerprint density at radius 2 is 2.17 bits per heavy atom. The monoisotopic (exact) mass is 254 g/mol. The minimum Gasteiger partial charge on any atom is -0.465 e. The van der Waals surface area contributed by atoms with E-state index in [1.54, 1.807) is 0 Å². The van der Waals surface area contributed by atoms with Gasteiger partial charge < -0.3 is 10.1 Å². The molecule has 0 aromatic heterocycles. The van der Waals surface area contributed by atoms with Crippen LogP contribution in [0.1, 0.15) is 39.5 Å². The Morgan fingerprint density at radius 3 is 2.83 bits per heavy atom. The van der Waals surface area contributed by atoms with Gasteiger partial charge in [0.25, 0.3) is 0 Å². The quantitative estimate of drug-likeness (QED) is 0.770. The van der Waals surface area contributed by atoms with Crippen LogP contribution in [0.3, 0.4) is 0 Å². The van der Waals surface area contributed by atoms with Crippen LogP contribution in [0, 0.1) is 5.92 Å². The highest BCUT2D eigenvalue weighted by atomic mass is 16.5. The largest absolute Gasteiger partial charge is 0.465 e. The highest BCUT2D eigenvalue weighted by Crippen LogP contribution is 2.31. The molecule has 2 fully saturated rings. The molecule has 104 valence electrons. The SMILES string of the molecule is CCOC(=O)C1CNCCN1C(C)C1CCCC1. The first-order chi connectivity index (χ1) is 8.74. The fraction of sp³-hybridized carbons (Fsp3) is 0.929. The Labute approximate surface area is 110 Å². The van der Waals surface area contributed by atoms with E-state index in [1.165, 1.54) is 25.7 Å². The van der Waals surface area contributed by atoms with Gasteiger partial charge in [-0.25, -0.2) is 0 Å². The van der Waals surface area contributed by atoms with E-state index in [4.69, 9.17) is 4.74 Å². The smallest absolute Gasteiger partial charge is 0.324 e. The highest BCUT2D eigenvalue weighted by molar-refractivity contribution is 5.76. The molecule has 0 spiro atoms. The lowest BCUT2D eigenvalue weighted by atomic mass is 9.96. The van der Waals surface area contributed by atoms with Gasteiger partial charge in [0.1, 0.15) is 6.04 Å². The number of piperazine rings is 1. The van der Waals surface area contributed by atoms with E-state index < -0.39 is 0 Å². The minimum absolute atomic E-state index is 0.0606. The average molecular weight is 254 g/mol. The normalized spacial score (nSPS) is 28.2. The number of nitrogens with zero attached hydrogens (tertiary/aromatic N) is 1. The molecule has 4 heteroatoms. The maximum absolute atomic E-state index is 12.0. The van der Waals surface area contributed by atoms with Gasteiger partial charge in [0.15, 0.2) is 0 Å². The molecule has 2 rings (SSSR count). The third-order valence-electron chi connectivity index (χ3n) is 4.45. The summed E-state index contributed by atoms with van der Waals surface area (Å²) in [7, 11) is 0. The van der Waals surface area contributed by atoms with Gasteiger partial charge >= 0.3 is 5.97 Å². The Kier molecular flexibility index (Phi) is 5.01. The lowest BCUT2D eigenvalue weighted by Gasteiger charge is -2.41. The van der Waals surface area contributed by atoms with Crippen molar-refractivity contribution in [2.24, 2.45) is 5.92 Å². The van der Waals surface area contributed by atoms with E-state index in [9.17, 15) is 4.79 Å². The predicted molar refractivity (Wildman–Crippen MR) is 71.4 cm³/mol. The van der Waals surface area contributed by atoms with Crippen LogP contribution in [0.2, 0.25) is 0 Å². The van der Waals surface area contributed by atoms with E-state index in [2.05, 4.69) is 17.1 Å². The molecule has 1 aliphatic heterocycles. The van der Waals surface area contributed by atoms with Gasteiger partial charge in [0.2, 0.25) is 0 Å². The van der Waals surface area contributed by atoms with Crippen molar-refractivity contribution >= 4 is 5.97 Å². The fourth-order valence-corrected chi connectivity index (χ4v) is 3.38. The van der Waals surface area contributed by atoms with Gasteiger partial charge in [-0.2, -0.15) is 0 Å². The van der Waals surface area contributed by atoms with Crippen LogP contribution in [-0.2, 0) is 9.53 Å². The van der Waals surface area contributed by atoms with Crippen molar-refractivity contribution in [3.8, 4) is 0 Å². The van der Waals surface area contributed by atoms with Crippen LogP contribution in [0.25, 0.3) is 0 Å². The van der Waals surface area contributed by atoms with Crippen LogP contribution in [0.15, 0.2) is 0 Å². The number of nitrogens with one attached hydrogen (secondary N) is 1. The lowest BCUT2D eigenvalue weighted by molar-refractivity contribution is -0.151. The number of hydrogen-bond donors (Lipinski definition) is 1. The maximum Gasteiger partial charge on any atom is 0.324 e. The molecule has 0 aromatic carbocycles. The van der Waals surface area contributed by atoms with Gasteiger partial charge in [0.05, 0.1) is 6.61 Å². The number of rotatable bonds is 4. The molecule has 0 bridgehead atoms. The molecular weight excluding hydrogens is 228 g/mol. The van der Waals surface area contributed by atoms with Gasteiger partial charge in [-0.05, 0) is 32.6 Å². The van der Waals surface area contributed by atoms with E-state index in [-0.39, 0.29) is 12.0 Å². The molecule has 2 unspecified atom stereocenters. The molecule has 1 heterocycles. The average Bonchev–Trinajstić information content (AvgIpc) is 2.92. The third-order valence-corrected chi connectivity index (χ3v) is 4.45. The van der Waals surface area contributed by atoms with Gasteiger partial charge in [-0.3, -0.25) is 9.69 Å². The molecule has 4 nitrogen and oxygen atoms in total. The van der Waals surface area contributed by atoms with Gasteiger partial charge in [0, 0.05) is 25.7 Å². The van der Waals surface area contributed by atoms with Crippen LogP contribution >= 0.6 is 0 Å². The first-order valence-corrected chi connectivity index (χ1v) is 7.37. The molecular formula is C14H26N2O2. The molecule has 1 aliphatic carbocycles. The number of ether oxygens (including phenoxy) is 1. The van der Waals surface area contributed by atoms with E-state index >= 15 is 0 Å². The first kappa shape index (κ1) is 13.8. The Bertz CT molecular complexity index is 277. The molecule has 0 aromatic rings. The summed E-state index contributed by atoms with van der Waals surface area (Å²) < 4.78 is 5.20. The lowest BCUT2D eigenvalue weighted by Crippen LogP contribution is -2.59. The number of hydrogen-bond acceptors (Lipinski definition) is 4. The van der Waals surface area contributed by atoms with E-state index in [1.807, 2.05) is 6.92 Å². The molecule has 2 aliphatic rings. The van der Waals surface area contributed by atoms with Gasteiger partial charge in [-0.1, -0.05) is 12.8 Å². The summed E-state index contributed by atoms with van der Waals surface area (Å²) in [4.78, 5) is 14.4. The van der Waals surface area contributed by atoms with Crippen LogP contribution in [0.4, 0.5) is 0 Å². The van der Waals surface area contributed by atoms with Crippen molar-refractivity contribution < 1.29 is 9.53 Å². The van der Waals surface area contributed by atoms with Crippen molar-refractivity contribution in [1.29, 1.82) is 0 Å². The van der Waals surface area contributed by atoms with Crippen LogP contribution in [-0.4, -0.2) is 49.2 Å². The van der Waals surface area contributed by atoms with Gasteiger partial charge in [-0.15, -0.1) is 0 Å². The maximum atomic E-state index is 12.0. The Balaban J connectivity index is 1.99. The summed E-state index contributed by atoms with van der Waals surface area (Å²) in [5, 5.41) is 3.31. The molecule has 2 atom stereocenters. The van der Waals surface area contributed by atoms with Crippen molar-refractivity contribution in [3.05, 3.63) is 0 Å². The third kappa shape index (κ3) is 3.04. The second-order valence-corrected chi connectivity index (χ2v) is 5.49. The minimum atomic E-state index is -0.0886. The second kappa shape index (κ2) is 6.53. The molecule has 1 N–H and O–H groups in total. The summed E-state index contributed by atoms with van der Waals surface area (Å²) >= 11 is 0. The predicted octanol–water partition coefficient (Wildman–Crippen LogP) is 1.40. The molecule has 1 saturated carbocycles. The summed E-state index contributed by atoms with van der Waals surface area (Å²) in [6.07, 6.45) is 5.34. The highest BCUT2D eigenvalue weighted by Gasteiger charge is 2.36. The zero-order valence-corrected chi connectivity index (χ0v) is 11.7. The molecule has 0 radical (unpaired) electrons. The van der Waals surface area contributed by atoms with Crippen LogP contribution in [0.5, 0.6) is 0 Å². The van der Waals surface area contributed by atoms with Crippen molar-refractivity contribution in [1.82, 2.24) is 10.2 Å². The van der Waals surface area contributed by atoms with E-state index in [0.29, 0.717) is 12.6 Å². The number of esters is 1. The summed E-state index contributed by atoms with van der Waals surface area (Å²) in [5.41, 5.74) is 0. The van der Waals surface area contributed by atoms with Crippen molar-refractivity contribution in [3.63, 3.8) is 0 Å². The standard InChI is InChI=1S/C14H26N2O2/c1-3-18-14(17)13-10-15-8-9-16(13)11(2)12-6-4-5-7-12/h11-13,15H,3-10H2,1-2H3. The Hall–Kier alpha value is -0.610. The number of carbonyl (C=O) groups is 1. The van der Waals surface area contributed by atoms with E-state index in [0.717, 1.165) is 25.6 Å². The number of carbonyl (C=O) groups excluding carboxylic acids is 1. The molecule has 1 saturated heterocycles. The zero-order valence-electron chi connectivity index (χ0n) is 11.7. The summed E-state index contributed by atoms with van der Waals surface area (Å²) in [5.74, 6) is 0.703. The molecule has 18 heavy (non-hydrogen) atoms. The summed E-state index contributed by atoms with van der Waals surface area (Å²) in [6, 6.07) is 0.415. The first-order valence-electron chi connectivity index (χ1n) is 7.37. The van der Waals surface area contributed by atoms with Crippen molar-refractivity contribution in [2.75, 3.05) is 26.2 Å². The second-order valence-electron chi connectivity index (χ2n) is 5.49. The molecule has 0 amide bonds. The van der Waals surface area contributed by atoms with Crippen molar-refractivity contribution in [2.45, 2.75) is 51.6 Å². The fourth-order valence-electron chi connectivity index (χ4n) is 3.38. The summed E-state index contributed by atoms with van der Waals surface area (Å²) in [6.45, 7) is 7.30. The Morgan fingerprint density at radius 1 is 1.44 bits per heavy atom. The topological polar surface area (TPSA) is 41.6 Å².